The molecule has 1 saturated carbocycles. The van der Waals surface area contributed by atoms with Crippen molar-refractivity contribution in [3.63, 3.8) is 0 Å². The lowest BCUT2D eigenvalue weighted by molar-refractivity contribution is -0.134. The van der Waals surface area contributed by atoms with Crippen molar-refractivity contribution in [1.82, 2.24) is 15.5 Å². The van der Waals surface area contributed by atoms with Crippen molar-refractivity contribution in [2.75, 3.05) is 6.54 Å². The smallest absolute Gasteiger partial charge is 0.325 e. The number of rotatable bonds is 5. The highest BCUT2D eigenvalue weighted by Gasteiger charge is 2.47. The molecule has 0 radical (unpaired) electrons. The van der Waals surface area contributed by atoms with Crippen molar-refractivity contribution in [3.05, 3.63) is 0 Å². The van der Waals surface area contributed by atoms with Crippen LogP contribution in [0.5, 0.6) is 0 Å². The van der Waals surface area contributed by atoms with Gasteiger partial charge in [0.2, 0.25) is 5.91 Å². The number of hydrogen-bond acceptors (Lipinski definition) is 3. The van der Waals surface area contributed by atoms with Gasteiger partial charge in [-0.25, -0.2) is 4.79 Å². The molecule has 0 aromatic carbocycles. The molecule has 6 heteroatoms. The third-order valence-electron chi connectivity index (χ3n) is 3.34. The van der Waals surface area contributed by atoms with E-state index in [1.54, 1.807) is 6.92 Å². The average molecular weight is 253 g/mol. The predicted molar refractivity (Wildman–Crippen MR) is 64.7 cm³/mol. The maximum absolute atomic E-state index is 12.1. The highest BCUT2D eigenvalue weighted by Crippen LogP contribution is 2.23. The van der Waals surface area contributed by atoms with Crippen LogP contribution in [0.4, 0.5) is 4.79 Å². The normalized spacial score (nSPS) is 27.3. The monoisotopic (exact) mass is 253 g/mol. The van der Waals surface area contributed by atoms with Crippen LogP contribution in [0.1, 0.15) is 39.5 Å². The van der Waals surface area contributed by atoms with Crippen LogP contribution in [0.3, 0.4) is 0 Å². The summed E-state index contributed by atoms with van der Waals surface area (Å²) in [5.74, 6) is -0.568. The molecule has 18 heavy (non-hydrogen) atoms. The fourth-order valence-corrected chi connectivity index (χ4v) is 2.20. The number of nitrogens with zero attached hydrogens (tertiary/aromatic N) is 1. The molecule has 1 aliphatic heterocycles. The van der Waals surface area contributed by atoms with Gasteiger partial charge in [-0.2, -0.15) is 0 Å². The summed E-state index contributed by atoms with van der Waals surface area (Å²) in [5, 5.41) is 5.43. The molecule has 1 saturated heterocycles. The molecule has 2 fully saturated rings. The van der Waals surface area contributed by atoms with Crippen molar-refractivity contribution < 1.29 is 14.4 Å². The molecule has 2 rings (SSSR count). The topological polar surface area (TPSA) is 78.5 Å². The Morgan fingerprint density at radius 3 is 2.72 bits per heavy atom. The van der Waals surface area contributed by atoms with Gasteiger partial charge >= 0.3 is 6.03 Å². The Bertz CT molecular complexity index is 392. The Balaban J connectivity index is 1.97. The minimum absolute atomic E-state index is 0.180. The first-order chi connectivity index (χ1) is 8.46. The Morgan fingerprint density at radius 1 is 1.50 bits per heavy atom. The molecule has 0 spiro atoms. The molecule has 0 aromatic heterocycles. The van der Waals surface area contributed by atoms with E-state index in [1.165, 1.54) is 0 Å². The molecular weight excluding hydrogens is 234 g/mol. The van der Waals surface area contributed by atoms with Crippen LogP contribution in [0.15, 0.2) is 0 Å². The molecule has 6 nitrogen and oxygen atoms in total. The number of carbonyl (C=O) groups excluding carboxylic acids is 3. The third-order valence-corrected chi connectivity index (χ3v) is 3.34. The van der Waals surface area contributed by atoms with E-state index in [0.717, 1.165) is 24.2 Å². The van der Waals surface area contributed by atoms with Gasteiger partial charge in [-0.15, -0.1) is 0 Å². The number of carbonyl (C=O) groups is 3. The quantitative estimate of drug-likeness (QED) is 0.695. The first-order valence-corrected chi connectivity index (χ1v) is 6.40. The van der Waals surface area contributed by atoms with E-state index < -0.39 is 11.6 Å². The molecule has 1 heterocycles. The molecule has 4 amide bonds. The van der Waals surface area contributed by atoms with Crippen LogP contribution >= 0.6 is 0 Å². The van der Waals surface area contributed by atoms with Gasteiger partial charge in [0.25, 0.3) is 5.91 Å². The average Bonchev–Trinajstić information content (AvgIpc) is 3.05. The van der Waals surface area contributed by atoms with Gasteiger partial charge in [0.15, 0.2) is 0 Å². The Morgan fingerprint density at radius 2 is 2.17 bits per heavy atom. The summed E-state index contributed by atoms with van der Waals surface area (Å²) in [6.07, 6.45) is 3.35. The highest BCUT2D eigenvalue weighted by atomic mass is 16.2. The second-order valence-electron chi connectivity index (χ2n) is 5.25. The second-order valence-corrected chi connectivity index (χ2v) is 5.25. The lowest BCUT2D eigenvalue weighted by atomic mass is 9.96. The zero-order valence-corrected chi connectivity index (χ0v) is 10.8. The van der Waals surface area contributed by atoms with E-state index in [0.29, 0.717) is 6.42 Å². The van der Waals surface area contributed by atoms with Crippen molar-refractivity contribution in [3.8, 4) is 0 Å². The Labute approximate surface area is 106 Å². The lowest BCUT2D eigenvalue weighted by Gasteiger charge is -2.20. The van der Waals surface area contributed by atoms with Gasteiger partial charge in [0.1, 0.15) is 12.1 Å². The summed E-state index contributed by atoms with van der Waals surface area (Å²) in [5.41, 5.74) is -0.855. The molecular formula is C12H19N3O3. The molecule has 1 aliphatic carbocycles. The van der Waals surface area contributed by atoms with Gasteiger partial charge in [-0.05, 0) is 26.2 Å². The number of nitrogens with one attached hydrogen (secondary N) is 2. The summed E-state index contributed by atoms with van der Waals surface area (Å²) in [6.45, 7) is 3.48. The molecule has 1 unspecified atom stereocenters. The highest BCUT2D eigenvalue weighted by molar-refractivity contribution is 6.08. The van der Waals surface area contributed by atoms with E-state index in [9.17, 15) is 14.4 Å². The van der Waals surface area contributed by atoms with Gasteiger partial charge in [0, 0.05) is 6.04 Å². The lowest BCUT2D eigenvalue weighted by Crippen LogP contribution is -2.45. The largest absolute Gasteiger partial charge is 0.352 e. The Hall–Kier alpha value is -1.59. The molecule has 100 valence electrons. The maximum Gasteiger partial charge on any atom is 0.325 e. The van der Waals surface area contributed by atoms with E-state index in [4.69, 9.17) is 0 Å². The summed E-state index contributed by atoms with van der Waals surface area (Å²) in [7, 11) is 0. The fourth-order valence-electron chi connectivity index (χ4n) is 2.20. The van der Waals surface area contributed by atoms with Crippen molar-refractivity contribution in [2.24, 2.45) is 0 Å². The molecule has 2 N–H and O–H groups in total. The summed E-state index contributed by atoms with van der Waals surface area (Å²) >= 11 is 0. The maximum atomic E-state index is 12.1. The standard InChI is InChI=1S/C12H19N3O3/c1-3-6-12(2)10(17)15(11(18)14-12)7-9(16)13-8-4-5-8/h8H,3-7H2,1-2H3,(H,13,16)(H,14,18). The van der Waals surface area contributed by atoms with Gasteiger partial charge in [-0.1, -0.05) is 13.3 Å². The van der Waals surface area contributed by atoms with Crippen LogP contribution in [0.2, 0.25) is 0 Å². The van der Waals surface area contributed by atoms with Crippen molar-refractivity contribution in [2.45, 2.75) is 51.1 Å². The number of urea groups is 1. The van der Waals surface area contributed by atoms with Crippen LogP contribution < -0.4 is 10.6 Å². The number of imide groups is 1. The van der Waals surface area contributed by atoms with Crippen LogP contribution in [-0.2, 0) is 9.59 Å². The van der Waals surface area contributed by atoms with Gasteiger partial charge < -0.3 is 10.6 Å². The van der Waals surface area contributed by atoms with E-state index >= 15 is 0 Å². The first kappa shape index (κ1) is 12.9. The molecule has 1 atom stereocenters. The minimum Gasteiger partial charge on any atom is -0.352 e. The second kappa shape index (κ2) is 4.59. The SMILES string of the molecule is CCCC1(C)NC(=O)N(CC(=O)NC2CC2)C1=O. The van der Waals surface area contributed by atoms with Crippen LogP contribution in [0.25, 0.3) is 0 Å². The van der Waals surface area contributed by atoms with Crippen LogP contribution in [-0.4, -0.2) is 40.9 Å². The fraction of sp³-hybridized carbons (Fsp3) is 0.750. The molecule has 2 aliphatic rings. The molecule has 0 bridgehead atoms. The van der Waals surface area contributed by atoms with Crippen molar-refractivity contribution in [1.29, 1.82) is 0 Å². The minimum atomic E-state index is -0.855. The van der Waals surface area contributed by atoms with Gasteiger partial charge in [0.05, 0.1) is 0 Å². The number of hydrogen-bond donors (Lipinski definition) is 2. The van der Waals surface area contributed by atoms with E-state index in [-0.39, 0.29) is 24.4 Å². The van der Waals surface area contributed by atoms with E-state index in [2.05, 4.69) is 10.6 Å². The summed E-state index contributed by atoms with van der Waals surface area (Å²) in [4.78, 5) is 36.5. The van der Waals surface area contributed by atoms with E-state index in [1.807, 2.05) is 6.92 Å². The summed E-state index contributed by atoms with van der Waals surface area (Å²) < 4.78 is 0. The summed E-state index contributed by atoms with van der Waals surface area (Å²) in [6, 6.07) is -0.234. The van der Waals surface area contributed by atoms with Crippen molar-refractivity contribution >= 4 is 17.8 Å². The van der Waals surface area contributed by atoms with Crippen LogP contribution in [0, 0.1) is 0 Å². The Kier molecular flexibility index (Phi) is 3.28. The number of amides is 4. The third kappa shape index (κ3) is 2.47. The first-order valence-electron chi connectivity index (χ1n) is 6.40. The zero-order chi connectivity index (χ0) is 13.3. The molecule has 0 aromatic rings. The predicted octanol–water partition coefficient (Wildman–Crippen LogP) is 0.376. The van der Waals surface area contributed by atoms with Gasteiger partial charge in [-0.3, -0.25) is 14.5 Å². The zero-order valence-electron chi connectivity index (χ0n) is 10.8.